The molecule has 0 saturated carbocycles. The van der Waals surface area contributed by atoms with Gasteiger partial charge in [-0.3, -0.25) is 9.59 Å². The van der Waals surface area contributed by atoms with Crippen LogP contribution in [0.5, 0.6) is 0 Å². The summed E-state index contributed by atoms with van der Waals surface area (Å²) in [6.45, 7) is 8.12. The Bertz CT molecular complexity index is 3060. The van der Waals surface area contributed by atoms with Gasteiger partial charge in [0.05, 0.1) is 60.5 Å². The Balaban J connectivity index is 0.999. The second-order valence-corrected chi connectivity index (χ2v) is 21.7. The van der Waals surface area contributed by atoms with Gasteiger partial charge in [-0.05, 0) is 80.2 Å². The summed E-state index contributed by atoms with van der Waals surface area (Å²) in [4.78, 5) is 75.0. The number of piperidine rings is 1. The molecule has 0 bridgehead atoms. The fraction of sp³-hybridized carbons (Fsp3) is 0.474. The number of alkyl halides is 1. The number of imidazole rings is 2. The first-order valence-electron chi connectivity index (χ1n) is 26.8. The number of likely N-dealkylation sites (tertiary alicyclic amines) is 2. The molecule has 4 aromatic carbocycles. The van der Waals surface area contributed by atoms with Crippen molar-refractivity contribution in [1.82, 2.24) is 40.4 Å². The van der Waals surface area contributed by atoms with E-state index in [1.807, 2.05) is 27.7 Å². The molecule has 4 saturated heterocycles. The molecule has 0 unspecified atom stereocenters. The largest absolute Gasteiger partial charge is 0.453 e. The van der Waals surface area contributed by atoms with E-state index in [1.54, 1.807) is 57.2 Å². The molecule has 4 N–H and O–H groups in total. The van der Waals surface area contributed by atoms with E-state index < -0.39 is 77.4 Å². The van der Waals surface area contributed by atoms with Gasteiger partial charge in [0, 0.05) is 68.0 Å². The Morgan fingerprint density at radius 3 is 1.49 bits per heavy atom. The van der Waals surface area contributed by atoms with Gasteiger partial charge in [0.25, 0.3) is 0 Å². The van der Waals surface area contributed by atoms with E-state index in [9.17, 15) is 19.2 Å². The van der Waals surface area contributed by atoms with Crippen molar-refractivity contribution < 1.29 is 50.6 Å². The van der Waals surface area contributed by atoms with Crippen molar-refractivity contribution in [1.29, 1.82) is 0 Å². The number of hydrogen-bond donors (Lipinski definition) is 4. The number of carbonyl (C=O) groups excluding carboxylic acids is 4. The van der Waals surface area contributed by atoms with Crippen molar-refractivity contribution >= 4 is 57.4 Å². The summed E-state index contributed by atoms with van der Waals surface area (Å²) >= 11 is 0. The fourth-order valence-electron chi connectivity index (χ4n) is 12.2. The quantitative estimate of drug-likeness (QED) is 0.0813. The number of rotatable bonds is 13. The van der Waals surface area contributed by atoms with Crippen LogP contribution in [-0.2, 0) is 24.7 Å². The third-order valence-electron chi connectivity index (χ3n) is 16.3. The van der Waals surface area contributed by atoms with Gasteiger partial charge in [0.2, 0.25) is 11.8 Å². The van der Waals surface area contributed by atoms with Gasteiger partial charge in [-0.25, -0.2) is 41.5 Å². The number of nitrogens with zero attached hydrogens (tertiary/aromatic N) is 6. The van der Waals surface area contributed by atoms with Gasteiger partial charge in [-0.1, -0.05) is 58.0 Å². The fourth-order valence-corrected chi connectivity index (χ4v) is 12.2. The van der Waals surface area contributed by atoms with Crippen LogP contribution in [-0.4, -0.2) is 106 Å². The molecule has 0 spiro atoms. The first-order valence-corrected chi connectivity index (χ1v) is 26.8. The predicted octanol–water partition coefficient (Wildman–Crippen LogP) is 10.6. The van der Waals surface area contributed by atoms with Crippen LogP contribution in [0.25, 0.3) is 22.1 Å². The van der Waals surface area contributed by atoms with E-state index in [-0.39, 0.29) is 96.0 Å². The molecule has 0 radical (unpaired) electrons. The number of alkyl carbamates (subject to hydrolysis) is 2. The lowest BCUT2D eigenvalue weighted by Gasteiger charge is -2.38. The van der Waals surface area contributed by atoms with Crippen LogP contribution in [0, 0.1) is 35.1 Å². The standard InChI is InChI=1S/C57H65F5N10O6/c1-30(2)48(67-55(75)77-5)53(73)70-20-10-14-46(70)51-63-40-26-34(36(58)28-42(40)65-51)44-16-17-45(72(44)33-24-38(60)50(39(61)25-33)69-22-18-57(62,19-23-69)32-12-8-7-9-13-32)35-27-41-43(29-37(35)59)66-52(64-41)47-15-11-21-71(47)54(74)49(31(3)4)68-56(76)78-6/h7-9,12-13,24-31,44-49H,10-11,14-23H2,1-6H3,(H,63,65)(H,64,66)(H,67,75)(H,68,76)/t44-,45-,46+,47+,48+,49+/m1/s1. The number of halogens is 5. The first kappa shape index (κ1) is 53.9. The maximum absolute atomic E-state index is 17.0. The van der Waals surface area contributed by atoms with Gasteiger partial charge in [0.15, 0.2) is 11.6 Å². The van der Waals surface area contributed by atoms with Crippen LogP contribution < -0.4 is 20.4 Å². The van der Waals surface area contributed by atoms with Gasteiger partial charge in [0.1, 0.15) is 46.7 Å². The molecule has 4 aliphatic heterocycles. The van der Waals surface area contributed by atoms with Crippen LogP contribution in [0.2, 0.25) is 0 Å². The number of aromatic nitrogens is 4. The van der Waals surface area contributed by atoms with Crippen LogP contribution >= 0.6 is 0 Å². The van der Waals surface area contributed by atoms with Crippen LogP contribution in [0.1, 0.15) is 132 Å². The highest BCUT2D eigenvalue weighted by Crippen LogP contribution is 2.50. The Morgan fingerprint density at radius 2 is 1.06 bits per heavy atom. The zero-order chi connectivity index (χ0) is 55.3. The first-order chi connectivity index (χ1) is 37.4. The minimum Gasteiger partial charge on any atom is -0.453 e. The van der Waals surface area contributed by atoms with E-state index in [0.29, 0.717) is 67.0 Å². The average molecular weight is 1080 g/mol. The third-order valence-corrected chi connectivity index (χ3v) is 16.3. The number of nitrogens with one attached hydrogen (secondary N) is 4. The SMILES string of the molecule is COC(=O)N[C@H](C(=O)N1CCC[C@H]1c1nc2cc(F)c([C@H]3CC[C@H](c4cc5[nH]c([C@@H]6CCCN6C(=O)[C@@H](NC(=O)OC)C(C)C)nc5cc4F)N3c3cc(F)c(N4CCC(F)(c5ccccc5)CC4)c(F)c3)cc2[nH]1)C(C)C. The van der Waals surface area contributed by atoms with Gasteiger partial charge in [-0.15, -0.1) is 0 Å². The van der Waals surface area contributed by atoms with Gasteiger partial charge < -0.3 is 49.7 Å². The highest BCUT2D eigenvalue weighted by molar-refractivity contribution is 5.88. The minimum absolute atomic E-state index is 0.00234. The Labute approximate surface area is 448 Å². The summed E-state index contributed by atoms with van der Waals surface area (Å²) < 4.78 is 93.4. The van der Waals surface area contributed by atoms with Gasteiger partial charge in [-0.2, -0.15) is 0 Å². The second-order valence-electron chi connectivity index (χ2n) is 21.7. The molecular weight excluding hydrogens is 1020 g/mol. The van der Waals surface area contributed by atoms with Crippen LogP contribution in [0.15, 0.2) is 66.7 Å². The lowest BCUT2D eigenvalue weighted by atomic mass is 9.86. The number of H-pyrrole nitrogens is 2. The number of ether oxygens (including phenoxy) is 2. The molecule has 4 aliphatic rings. The van der Waals surface area contributed by atoms with Crippen molar-refractivity contribution in [3.63, 3.8) is 0 Å². The summed E-state index contributed by atoms with van der Waals surface area (Å²) in [7, 11) is 2.44. The molecule has 78 heavy (non-hydrogen) atoms. The molecule has 4 amide bonds. The maximum Gasteiger partial charge on any atom is 0.407 e. The third kappa shape index (κ3) is 10.1. The van der Waals surface area contributed by atoms with Crippen LogP contribution in [0.4, 0.5) is 42.9 Å². The lowest BCUT2D eigenvalue weighted by Crippen LogP contribution is -2.51. The monoisotopic (exact) mass is 1080 g/mol. The Hall–Kier alpha value is -7.45. The number of fused-ring (bicyclic) bond motifs is 2. The van der Waals surface area contributed by atoms with E-state index in [2.05, 4.69) is 20.6 Å². The summed E-state index contributed by atoms with van der Waals surface area (Å²) in [6.07, 6.45) is 1.37. The summed E-state index contributed by atoms with van der Waals surface area (Å²) in [5.41, 5.74) is 0.266. The molecule has 6 atom stereocenters. The highest BCUT2D eigenvalue weighted by atomic mass is 19.2. The zero-order valence-electron chi connectivity index (χ0n) is 44.5. The summed E-state index contributed by atoms with van der Waals surface area (Å²) in [5.74, 6) is -3.50. The molecule has 10 rings (SSSR count). The Morgan fingerprint density at radius 1 is 0.615 bits per heavy atom. The van der Waals surface area contributed by atoms with E-state index >= 15 is 22.0 Å². The Kier molecular flexibility index (Phi) is 15.0. The highest BCUT2D eigenvalue weighted by Gasteiger charge is 2.43. The molecular formula is C57H65F5N10O6. The topological polar surface area (TPSA) is 181 Å². The number of hydrogen-bond acceptors (Lipinski definition) is 10. The number of amides is 4. The number of methoxy groups -OCH3 is 2. The average Bonchev–Trinajstić information content (AvgIpc) is 4.48. The van der Waals surface area contributed by atoms with Crippen molar-refractivity contribution in [2.75, 3.05) is 50.2 Å². The summed E-state index contributed by atoms with van der Waals surface area (Å²) in [6, 6.07) is 12.2. The van der Waals surface area contributed by atoms with Gasteiger partial charge >= 0.3 is 12.2 Å². The normalized spacial score (nSPS) is 21.2. The number of carbonyl (C=O) groups is 4. The molecule has 0 aliphatic carbocycles. The maximum atomic E-state index is 17.0. The molecule has 4 fully saturated rings. The van der Waals surface area contributed by atoms with E-state index in [4.69, 9.17) is 19.4 Å². The van der Waals surface area contributed by atoms with E-state index in [1.165, 1.54) is 43.4 Å². The molecule has 16 nitrogen and oxygen atoms in total. The zero-order valence-corrected chi connectivity index (χ0v) is 44.5. The lowest BCUT2D eigenvalue weighted by molar-refractivity contribution is -0.136. The van der Waals surface area contributed by atoms with E-state index in [0.717, 1.165) is 0 Å². The van der Waals surface area contributed by atoms with Crippen molar-refractivity contribution in [3.8, 4) is 0 Å². The van der Waals surface area contributed by atoms with Crippen LogP contribution in [0.3, 0.4) is 0 Å². The molecule has 6 aromatic rings. The van der Waals surface area contributed by atoms with Crippen molar-refractivity contribution in [3.05, 3.63) is 118 Å². The summed E-state index contributed by atoms with van der Waals surface area (Å²) in [5, 5.41) is 5.29. The number of aromatic amines is 2. The molecule has 414 valence electrons. The molecule has 21 heteroatoms. The molecule has 2 aromatic heterocycles. The smallest absolute Gasteiger partial charge is 0.407 e. The number of anilines is 2. The van der Waals surface area contributed by atoms with Crippen molar-refractivity contribution in [2.24, 2.45) is 11.8 Å². The second kappa shape index (κ2) is 21.8. The van der Waals surface area contributed by atoms with Crippen molar-refractivity contribution in [2.45, 2.75) is 121 Å². The number of benzene rings is 4. The minimum atomic E-state index is -1.68. The predicted molar refractivity (Wildman–Crippen MR) is 282 cm³/mol. The molecule has 6 heterocycles.